The number of amides is 1. The summed E-state index contributed by atoms with van der Waals surface area (Å²) >= 11 is 0. The van der Waals surface area contributed by atoms with Gasteiger partial charge < -0.3 is 25.0 Å². The fraction of sp³-hybridized carbons (Fsp3) is 0.269. The molecule has 0 saturated carbocycles. The maximum Gasteiger partial charge on any atom is 0.248 e. The minimum atomic E-state index is -0.434. The molecule has 2 aromatic carbocycles. The van der Waals surface area contributed by atoms with Crippen molar-refractivity contribution in [3.05, 3.63) is 71.8 Å². The Bertz CT molecular complexity index is 1390. The van der Waals surface area contributed by atoms with E-state index < -0.39 is 5.91 Å². The first-order valence-electron chi connectivity index (χ1n) is 11.6. The molecule has 0 aliphatic carbocycles. The number of aromatic nitrogens is 4. The molecule has 0 bridgehead atoms. The maximum atomic E-state index is 11.4. The Morgan fingerprint density at radius 1 is 0.889 bits per heavy atom. The van der Waals surface area contributed by atoms with Gasteiger partial charge in [-0.25, -0.2) is 19.9 Å². The van der Waals surface area contributed by atoms with Crippen LogP contribution >= 0.6 is 0 Å². The molecule has 0 radical (unpaired) electrons. The average Bonchev–Trinajstić information content (AvgIpc) is 2.92. The molecule has 2 aromatic heterocycles. The number of anilines is 2. The van der Waals surface area contributed by atoms with Gasteiger partial charge in [0.05, 0.1) is 19.7 Å². The van der Waals surface area contributed by atoms with Crippen molar-refractivity contribution in [2.24, 2.45) is 5.73 Å². The molecule has 0 spiro atoms. The number of methoxy groups -OCH3 is 2. The molecule has 1 saturated heterocycles. The second-order valence-corrected chi connectivity index (χ2v) is 8.53. The van der Waals surface area contributed by atoms with E-state index in [4.69, 9.17) is 15.2 Å². The van der Waals surface area contributed by atoms with E-state index in [1.54, 1.807) is 32.7 Å². The zero-order chi connectivity index (χ0) is 25.1. The molecule has 2 N–H and O–H groups in total. The van der Waals surface area contributed by atoms with Crippen LogP contribution in [0.4, 0.5) is 11.8 Å². The van der Waals surface area contributed by atoms with Gasteiger partial charge in [-0.1, -0.05) is 12.1 Å². The summed E-state index contributed by atoms with van der Waals surface area (Å²) in [5.41, 5.74) is 8.65. The van der Waals surface area contributed by atoms with E-state index >= 15 is 0 Å². The topological polar surface area (TPSA) is 120 Å². The molecule has 10 nitrogen and oxygen atoms in total. The molecule has 1 fully saturated rings. The van der Waals surface area contributed by atoms with E-state index in [1.807, 2.05) is 36.7 Å². The van der Waals surface area contributed by atoms with Crippen molar-refractivity contribution >= 4 is 28.6 Å². The van der Waals surface area contributed by atoms with Gasteiger partial charge in [0.2, 0.25) is 11.9 Å². The Morgan fingerprint density at radius 3 is 2.28 bits per heavy atom. The number of fused-ring (bicyclic) bond motifs is 1. The normalized spacial score (nSPS) is 13.6. The Kier molecular flexibility index (Phi) is 6.48. The third kappa shape index (κ3) is 4.70. The van der Waals surface area contributed by atoms with Crippen LogP contribution in [0, 0.1) is 0 Å². The van der Waals surface area contributed by atoms with Crippen LogP contribution in [0.3, 0.4) is 0 Å². The monoisotopic (exact) mass is 485 g/mol. The summed E-state index contributed by atoms with van der Waals surface area (Å²) in [4.78, 5) is 34.0. The highest BCUT2D eigenvalue weighted by Crippen LogP contribution is 2.35. The lowest BCUT2D eigenvalue weighted by atomic mass is 10.0. The van der Waals surface area contributed by atoms with Crippen LogP contribution in [-0.2, 0) is 6.42 Å². The standard InChI is InChI=1S/C26H27N7O3/c1-35-22-12-20-21(13-23(22)36-2)30-16-31-25(20)32-6-8-33(9-7-32)26-28-14-18(15-29-26)10-17-4-3-5-19(11-17)24(27)34/h3-5,11-16H,6-10H2,1-2H3,(H2,27,34). The molecular formula is C26H27N7O3. The van der Waals surface area contributed by atoms with Crippen LogP contribution < -0.4 is 25.0 Å². The van der Waals surface area contributed by atoms with Gasteiger partial charge in [0.1, 0.15) is 12.1 Å². The number of hydrogen-bond acceptors (Lipinski definition) is 9. The first-order valence-corrected chi connectivity index (χ1v) is 11.6. The van der Waals surface area contributed by atoms with Crippen LogP contribution in [0.25, 0.3) is 10.9 Å². The van der Waals surface area contributed by atoms with Gasteiger partial charge >= 0.3 is 0 Å². The summed E-state index contributed by atoms with van der Waals surface area (Å²) in [5, 5.41) is 0.921. The quantitative estimate of drug-likeness (QED) is 0.421. The zero-order valence-electron chi connectivity index (χ0n) is 20.2. The number of hydrogen-bond donors (Lipinski definition) is 1. The number of piperazine rings is 1. The van der Waals surface area contributed by atoms with Gasteiger partial charge in [-0.2, -0.15) is 0 Å². The number of rotatable bonds is 7. The molecule has 1 amide bonds. The zero-order valence-corrected chi connectivity index (χ0v) is 20.2. The lowest BCUT2D eigenvalue weighted by molar-refractivity contribution is 0.1000. The second-order valence-electron chi connectivity index (χ2n) is 8.53. The van der Waals surface area contributed by atoms with E-state index in [1.165, 1.54) is 0 Å². The first-order chi connectivity index (χ1) is 17.6. The van der Waals surface area contributed by atoms with E-state index in [0.717, 1.165) is 54.0 Å². The first kappa shape index (κ1) is 23.3. The minimum Gasteiger partial charge on any atom is -0.493 e. The molecule has 184 valence electrons. The van der Waals surface area contributed by atoms with Gasteiger partial charge in [0.15, 0.2) is 11.5 Å². The third-order valence-electron chi connectivity index (χ3n) is 6.29. The lowest BCUT2D eigenvalue weighted by Gasteiger charge is -2.35. The molecule has 10 heteroatoms. The highest BCUT2D eigenvalue weighted by atomic mass is 16.5. The molecule has 3 heterocycles. The van der Waals surface area contributed by atoms with E-state index in [-0.39, 0.29) is 0 Å². The average molecular weight is 486 g/mol. The number of carbonyl (C=O) groups is 1. The maximum absolute atomic E-state index is 11.4. The summed E-state index contributed by atoms with van der Waals surface area (Å²) in [5.74, 6) is 2.42. The van der Waals surface area contributed by atoms with Crippen molar-refractivity contribution in [1.29, 1.82) is 0 Å². The fourth-order valence-corrected chi connectivity index (χ4v) is 4.41. The molecular weight excluding hydrogens is 458 g/mol. The molecule has 0 atom stereocenters. The largest absolute Gasteiger partial charge is 0.493 e. The molecule has 36 heavy (non-hydrogen) atoms. The van der Waals surface area contributed by atoms with Gasteiger partial charge in [0, 0.05) is 62.0 Å². The molecule has 5 rings (SSSR count). The SMILES string of the molecule is COc1cc2ncnc(N3CCN(c4ncc(Cc5cccc(C(N)=O)c5)cn4)CC3)c2cc1OC. The predicted molar refractivity (Wildman–Crippen MR) is 137 cm³/mol. The van der Waals surface area contributed by atoms with Crippen LogP contribution in [0.2, 0.25) is 0 Å². The van der Waals surface area contributed by atoms with E-state index in [2.05, 4.69) is 29.7 Å². The van der Waals surface area contributed by atoms with Gasteiger partial charge in [-0.15, -0.1) is 0 Å². The van der Waals surface area contributed by atoms with Crippen molar-refractivity contribution in [1.82, 2.24) is 19.9 Å². The number of nitrogens with zero attached hydrogens (tertiary/aromatic N) is 6. The Morgan fingerprint density at radius 2 is 1.58 bits per heavy atom. The summed E-state index contributed by atoms with van der Waals surface area (Å²) in [6, 6.07) is 11.1. The molecule has 1 aliphatic heterocycles. The highest BCUT2D eigenvalue weighted by Gasteiger charge is 2.22. The van der Waals surface area contributed by atoms with Gasteiger partial charge in [-0.3, -0.25) is 4.79 Å². The van der Waals surface area contributed by atoms with Crippen molar-refractivity contribution in [2.75, 3.05) is 50.2 Å². The van der Waals surface area contributed by atoms with Crippen LogP contribution in [-0.4, -0.2) is 66.2 Å². The summed E-state index contributed by atoms with van der Waals surface area (Å²) in [6.45, 7) is 3.06. The number of ether oxygens (including phenoxy) is 2. The van der Waals surface area contributed by atoms with Crippen molar-refractivity contribution in [3.63, 3.8) is 0 Å². The van der Waals surface area contributed by atoms with Crippen molar-refractivity contribution in [3.8, 4) is 11.5 Å². The van der Waals surface area contributed by atoms with Gasteiger partial charge in [0.25, 0.3) is 0 Å². The lowest BCUT2D eigenvalue weighted by Crippen LogP contribution is -2.47. The summed E-state index contributed by atoms with van der Waals surface area (Å²) < 4.78 is 10.9. The number of carbonyl (C=O) groups excluding carboxylic acids is 1. The summed E-state index contributed by atoms with van der Waals surface area (Å²) in [6.07, 6.45) is 5.88. The Balaban J connectivity index is 1.27. The smallest absolute Gasteiger partial charge is 0.248 e. The van der Waals surface area contributed by atoms with Crippen LogP contribution in [0.15, 0.2) is 55.1 Å². The van der Waals surface area contributed by atoms with Crippen LogP contribution in [0.1, 0.15) is 21.5 Å². The Hall–Kier alpha value is -4.47. The minimum absolute atomic E-state index is 0.434. The number of primary amides is 1. The molecule has 4 aromatic rings. The fourth-order valence-electron chi connectivity index (χ4n) is 4.41. The third-order valence-corrected chi connectivity index (χ3v) is 6.29. The van der Waals surface area contributed by atoms with E-state index in [0.29, 0.717) is 29.4 Å². The van der Waals surface area contributed by atoms with Crippen molar-refractivity contribution in [2.45, 2.75) is 6.42 Å². The predicted octanol–water partition coefficient (Wildman–Crippen LogP) is 2.45. The van der Waals surface area contributed by atoms with Crippen LogP contribution in [0.5, 0.6) is 11.5 Å². The van der Waals surface area contributed by atoms with Crippen molar-refractivity contribution < 1.29 is 14.3 Å². The second kappa shape index (κ2) is 10.0. The van der Waals surface area contributed by atoms with Gasteiger partial charge in [-0.05, 0) is 29.3 Å². The Labute approximate surface area is 208 Å². The molecule has 0 unspecified atom stereocenters. The summed E-state index contributed by atoms with van der Waals surface area (Å²) in [7, 11) is 3.23. The highest BCUT2D eigenvalue weighted by molar-refractivity contribution is 5.93. The van der Waals surface area contributed by atoms with E-state index in [9.17, 15) is 4.79 Å². The number of nitrogens with two attached hydrogens (primary N) is 1. The molecule has 1 aliphatic rings. The number of benzene rings is 2.